The summed E-state index contributed by atoms with van der Waals surface area (Å²) in [5.41, 5.74) is 1.78. The molecule has 0 heterocycles. The summed E-state index contributed by atoms with van der Waals surface area (Å²) in [5, 5.41) is 0. The number of alkyl halides is 1. The lowest BCUT2D eigenvalue weighted by atomic mass is 9.50. The molecule has 130 valence electrons. The second kappa shape index (κ2) is 5.12. The third-order valence-corrected chi connectivity index (χ3v) is 7.81. The first-order valence-electron chi connectivity index (χ1n) is 9.37. The zero-order chi connectivity index (χ0) is 17.3. The molecule has 2 nitrogen and oxygen atoms in total. The van der Waals surface area contributed by atoms with E-state index in [2.05, 4.69) is 19.9 Å². The van der Waals surface area contributed by atoms with Gasteiger partial charge in [-0.05, 0) is 67.9 Å². The van der Waals surface area contributed by atoms with E-state index in [4.69, 9.17) is 0 Å². The zero-order valence-electron chi connectivity index (χ0n) is 14.9. The minimum atomic E-state index is -1.01. The van der Waals surface area contributed by atoms with Crippen LogP contribution in [0.25, 0.3) is 0 Å². The Balaban J connectivity index is 1.78. The second-order valence-corrected chi connectivity index (χ2v) is 8.92. The van der Waals surface area contributed by atoms with Gasteiger partial charge in [-0.25, -0.2) is 4.39 Å². The number of carbonyl (C=O) groups excluding carboxylic acids is 2. The number of fused-ring (bicyclic) bond motifs is 5. The normalized spacial score (nSPS) is 47.2. The van der Waals surface area contributed by atoms with E-state index in [0.717, 1.165) is 25.7 Å². The van der Waals surface area contributed by atoms with Crippen molar-refractivity contribution < 1.29 is 14.0 Å². The van der Waals surface area contributed by atoms with Crippen LogP contribution in [0.1, 0.15) is 59.3 Å². The van der Waals surface area contributed by atoms with Crippen molar-refractivity contribution in [2.24, 2.45) is 28.6 Å². The lowest BCUT2D eigenvalue weighted by molar-refractivity contribution is -0.124. The number of Topliss-reactive ketones (excluding diaryl/α,β-unsaturated/α-hetero) is 1. The fourth-order valence-corrected chi connectivity index (χ4v) is 6.53. The van der Waals surface area contributed by atoms with Gasteiger partial charge in [0.2, 0.25) is 0 Å². The summed E-state index contributed by atoms with van der Waals surface area (Å²) >= 11 is 0. The number of hydrogen-bond acceptors (Lipinski definition) is 2. The maximum atomic E-state index is 15.0. The molecule has 0 saturated heterocycles. The maximum Gasteiger partial charge on any atom is 0.155 e. The Hall–Kier alpha value is -1.25. The molecule has 6 atom stereocenters. The summed E-state index contributed by atoms with van der Waals surface area (Å²) in [5.74, 6) is 1.12. The predicted octanol–water partition coefficient (Wildman–Crippen LogP) is 4.59. The summed E-state index contributed by atoms with van der Waals surface area (Å²) < 4.78 is 15.0. The van der Waals surface area contributed by atoms with Crippen LogP contribution in [-0.4, -0.2) is 17.7 Å². The standard InChI is InChI=1S/C21H27FO2/c1-12(23)15-4-5-16-14-11-19(22)18-10-13(24)6-8-21(18,3)17(14)7-9-20(15,16)2/h7,10,14-16,19H,4-6,8-9,11H2,1-3H3/t14-,15+,16-,19?,20+,21+/m0/s1. The predicted molar refractivity (Wildman–Crippen MR) is 91.1 cm³/mol. The Bertz CT molecular complexity index is 675. The van der Waals surface area contributed by atoms with Gasteiger partial charge in [-0.1, -0.05) is 25.5 Å². The lowest BCUT2D eigenvalue weighted by Gasteiger charge is -2.54. The number of halogens is 1. The quantitative estimate of drug-likeness (QED) is 0.659. The zero-order valence-corrected chi connectivity index (χ0v) is 14.9. The number of rotatable bonds is 1. The third kappa shape index (κ3) is 1.99. The van der Waals surface area contributed by atoms with Crippen LogP contribution in [0.5, 0.6) is 0 Å². The highest BCUT2D eigenvalue weighted by atomic mass is 19.1. The van der Waals surface area contributed by atoms with Crippen molar-refractivity contribution in [1.29, 1.82) is 0 Å². The van der Waals surface area contributed by atoms with E-state index in [1.54, 1.807) is 13.0 Å². The van der Waals surface area contributed by atoms with Gasteiger partial charge >= 0.3 is 0 Å². The molecule has 0 aromatic heterocycles. The number of ketones is 2. The molecule has 1 unspecified atom stereocenters. The molecule has 0 radical (unpaired) electrons. The van der Waals surface area contributed by atoms with E-state index in [1.165, 1.54) is 5.57 Å². The fourth-order valence-electron chi connectivity index (χ4n) is 6.53. The molecule has 4 aliphatic carbocycles. The van der Waals surface area contributed by atoms with Gasteiger partial charge in [0.25, 0.3) is 0 Å². The van der Waals surface area contributed by atoms with Crippen LogP contribution in [0.15, 0.2) is 23.3 Å². The molecule has 0 aliphatic heterocycles. The molecule has 0 amide bonds. The average molecular weight is 330 g/mol. The molecular weight excluding hydrogens is 303 g/mol. The molecule has 0 aromatic rings. The second-order valence-electron chi connectivity index (χ2n) is 8.92. The molecule has 0 spiro atoms. The van der Waals surface area contributed by atoms with Gasteiger partial charge in [0.1, 0.15) is 12.0 Å². The van der Waals surface area contributed by atoms with Crippen LogP contribution in [0.3, 0.4) is 0 Å². The van der Waals surface area contributed by atoms with Crippen LogP contribution in [0, 0.1) is 28.6 Å². The van der Waals surface area contributed by atoms with Crippen LogP contribution in [0.2, 0.25) is 0 Å². The van der Waals surface area contributed by atoms with Gasteiger partial charge in [-0.15, -0.1) is 0 Å². The molecule has 4 rings (SSSR count). The highest BCUT2D eigenvalue weighted by Gasteiger charge is 2.58. The minimum absolute atomic E-state index is 0.0121. The number of allylic oxidation sites excluding steroid dienone is 4. The molecular formula is C21H27FO2. The fraction of sp³-hybridized carbons (Fsp3) is 0.714. The molecule has 4 aliphatic rings. The third-order valence-electron chi connectivity index (χ3n) is 7.81. The van der Waals surface area contributed by atoms with Crippen molar-refractivity contribution in [2.75, 3.05) is 0 Å². The molecule has 0 bridgehead atoms. The summed E-state index contributed by atoms with van der Waals surface area (Å²) in [6.07, 6.45) is 7.54. The van der Waals surface area contributed by atoms with E-state index in [1.807, 2.05) is 0 Å². The monoisotopic (exact) mass is 330 g/mol. The maximum absolute atomic E-state index is 15.0. The van der Waals surface area contributed by atoms with Crippen LogP contribution in [0.4, 0.5) is 4.39 Å². The van der Waals surface area contributed by atoms with Crippen molar-refractivity contribution in [3.05, 3.63) is 23.3 Å². The van der Waals surface area contributed by atoms with Gasteiger partial charge in [-0.2, -0.15) is 0 Å². The van der Waals surface area contributed by atoms with Gasteiger partial charge in [0.15, 0.2) is 5.78 Å². The topological polar surface area (TPSA) is 34.1 Å². The number of carbonyl (C=O) groups is 2. The van der Waals surface area contributed by atoms with Gasteiger partial charge < -0.3 is 0 Å². The first kappa shape index (κ1) is 16.2. The Kier molecular flexibility index (Phi) is 3.47. The van der Waals surface area contributed by atoms with E-state index < -0.39 is 6.17 Å². The van der Waals surface area contributed by atoms with Gasteiger partial charge in [0, 0.05) is 17.8 Å². The van der Waals surface area contributed by atoms with E-state index in [-0.39, 0.29) is 28.4 Å². The minimum Gasteiger partial charge on any atom is -0.300 e. The lowest BCUT2D eigenvalue weighted by Crippen LogP contribution is -2.48. The SMILES string of the molecule is CC(=O)[C@H]1CC[C@H]2[C@@H]3CC(F)C4=CC(=O)CC[C@]4(C)C3=CC[C@]12C. The van der Waals surface area contributed by atoms with Crippen molar-refractivity contribution in [3.8, 4) is 0 Å². The summed E-state index contributed by atoms with van der Waals surface area (Å²) in [7, 11) is 0. The van der Waals surface area contributed by atoms with Crippen molar-refractivity contribution in [2.45, 2.75) is 65.5 Å². The summed E-state index contributed by atoms with van der Waals surface area (Å²) in [6, 6.07) is 0. The molecule has 24 heavy (non-hydrogen) atoms. The van der Waals surface area contributed by atoms with E-state index in [9.17, 15) is 9.59 Å². The highest BCUT2D eigenvalue weighted by Crippen LogP contribution is 2.64. The van der Waals surface area contributed by atoms with Gasteiger partial charge in [-0.3, -0.25) is 9.59 Å². The molecule has 2 fully saturated rings. The summed E-state index contributed by atoms with van der Waals surface area (Å²) in [4.78, 5) is 23.9. The van der Waals surface area contributed by atoms with E-state index >= 15 is 4.39 Å². The first-order chi connectivity index (χ1) is 11.3. The average Bonchev–Trinajstić information content (AvgIpc) is 2.87. The van der Waals surface area contributed by atoms with E-state index in [0.29, 0.717) is 30.1 Å². The molecule has 0 N–H and O–H groups in total. The highest BCUT2D eigenvalue weighted by molar-refractivity contribution is 5.92. The number of hydrogen-bond donors (Lipinski definition) is 0. The van der Waals surface area contributed by atoms with Crippen molar-refractivity contribution >= 4 is 11.6 Å². The largest absolute Gasteiger partial charge is 0.300 e. The summed E-state index contributed by atoms with van der Waals surface area (Å²) in [6.45, 7) is 6.09. The van der Waals surface area contributed by atoms with Gasteiger partial charge in [0.05, 0.1) is 0 Å². The molecule has 3 heteroatoms. The van der Waals surface area contributed by atoms with Crippen LogP contribution >= 0.6 is 0 Å². The Morgan fingerprint density at radius 2 is 2.00 bits per heavy atom. The Morgan fingerprint density at radius 1 is 1.25 bits per heavy atom. The first-order valence-corrected chi connectivity index (χ1v) is 9.37. The van der Waals surface area contributed by atoms with Crippen molar-refractivity contribution in [1.82, 2.24) is 0 Å². The molecule has 2 saturated carbocycles. The van der Waals surface area contributed by atoms with Crippen molar-refractivity contribution in [3.63, 3.8) is 0 Å². The van der Waals surface area contributed by atoms with Crippen LogP contribution < -0.4 is 0 Å². The molecule has 0 aromatic carbocycles. The Morgan fingerprint density at radius 3 is 2.71 bits per heavy atom. The van der Waals surface area contributed by atoms with Crippen LogP contribution in [-0.2, 0) is 9.59 Å². The smallest absolute Gasteiger partial charge is 0.155 e. The Labute approximate surface area is 143 Å².